The van der Waals surface area contributed by atoms with Crippen LogP contribution in [0, 0.1) is 13.8 Å². The van der Waals surface area contributed by atoms with Gasteiger partial charge in [0.05, 0.1) is 0 Å². The molecule has 5 nitrogen and oxygen atoms in total. The van der Waals surface area contributed by atoms with E-state index in [0.717, 1.165) is 11.3 Å². The van der Waals surface area contributed by atoms with Gasteiger partial charge < -0.3 is 9.15 Å². The van der Waals surface area contributed by atoms with E-state index < -0.39 is 0 Å². The first-order valence-electron chi connectivity index (χ1n) is 6.74. The molecule has 0 bridgehead atoms. The second-order valence-corrected chi connectivity index (χ2v) is 5.28. The highest BCUT2D eigenvalue weighted by molar-refractivity contribution is 6.30. The lowest BCUT2D eigenvalue weighted by Crippen LogP contribution is -2.25. The van der Waals surface area contributed by atoms with E-state index >= 15 is 0 Å². The van der Waals surface area contributed by atoms with Gasteiger partial charge in [-0.05, 0) is 56.7 Å². The van der Waals surface area contributed by atoms with Crippen LogP contribution >= 0.6 is 11.6 Å². The van der Waals surface area contributed by atoms with Gasteiger partial charge in [0.15, 0.2) is 6.61 Å². The first kappa shape index (κ1) is 16.1. The summed E-state index contributed by atoms with van der Waals surface area (Å²) in [6.45, 7) is 5.33. The summed E-state index contributed by atoms with van der Waals surface area (Å²) >= 11 is 5.86. The topological polar surface area (TPSA) is 63.8 Å². The number of aryl methyl sites for hydroxylation is 2. The van der Waals surface area contributed by atoms with Crippen LogP contribution in [0.1, 0.15) is 24.0 Å². The van der Waals surface area contributed by atoms with Gasteiger partial charge in [-0.3, -0.25) is 4.79 Å². The van der Waals surface area contributed by atoms with E-state index in [9.17, 15) is 4.79 Å². The number of hydrogen-bond donors (Lipinski definition) is 1. The van der Waals surface area contributed by atoms with E-state index in [4.69, 9.17) is 20.8 Å². The number of nitrogens with zero attached hydrogens (tertiary/aromatic N) is 1. The highest BCUT2D eigenvalue weighted by Gasteiger charge is 2.06. The summed E-state index contributed by atoms with van der Waals surface area (Å²) < 4.78 is 10.8. The van der Waals surface area contributed by atoms with Gasteiger partial charge in [-0.2, -0.15) is 5.10 Å². The SMILES string of the molecule is CC(=NNC(=O)COc1ccc(Cl)cc1C)c1ccc(C)o1. The highest BCUT2D eigenvalue weighted by Crippen LogP contribution is 2.21. The fraction of sp³-hybridized carbons (Fsp3) is 0.250. The largest absolute Gasteiger partial charge is 0.483 e. The molecule has 0 spiro atoms. The summed E-state index contributed by atoms with van der Waals surface area (Å²) in [7, 11) is 0. The number of carbonyl (C=O) groups excluding carboxylic acids is 1. The van der Waals surface area contributed by atoms with Crippen LogP contribution in [-0.2, 0) is 4.79 Å². The van der Waals surface area contributed by atoms with E-state index in [0.29, 0.717) is 22.2 Å². The zero-order valence-electron chi connectivity index (χ0n) is 12.6. The predicted molar refractivity (Wildman–Crippen MR) is 85.5 cm³/mol. The Morgan fingerprint density at radius 1 is 1.32 bits per heavy atom. The van der Waals surface area contributed by atoms with Crippen molar-refractivity contribution in [2.75, 3.05) is 6.61 Å². The van der Waals surface area contributed by atoms with Crippen LogP contribution in [0.3, 0.4) is 0 Å². The Morgan fingerprint density at radius 2 is 2.09 bits per heavy atom. The molecular formula is C16H17ClN2O3. The second kappa shape index (κ2) is 7.13. The molecule has 0 saturated carbocycles. The number of hydrogen-bond acceptors (Lipinski definition) is 4. The van der Waals surface area contributed by atoms with Gasteiger partial charge in [0.2, 0.25) is 0 Å². The Labute approximate surface area is 133 Å². The minimum absolute atomic E-state index is 0.129. The molecule has 0 aliphatic carbocycles. The van der Waals surface area contributed by atoms with Gasteiger partial charge in [-0.25, -0.2) is 5.43 Å². The van der Waals surface area contributed by atoms with Crippen molar-refractivity contribution in [3.63, 3.8) is 0 Å². The summed E-state index contributed by atoms with van der Waals surface area (Å²) in [6, 6.07) is 8.85. The zero-order valence-corrected chi connectivity index (χ0v) is 13.4. The minimum Gasteiger partial charge on any atom is -0.483 e. The van der Waals surface area contributed by atoms with E-state index in [2.05, 4.69) is 10.5 Å². The molecule has 6 heteroatoms. The Kier molecular flexibility index (Phi) is 5.22. The molecule has 0 aliphatic heterocycles. The molecule has 1 aromatic carbocycles. The molecule has 0 radical (unpaired) electrons. The van der Waals surface area contributed by atoms with Gasteiger partial charge in [-0.15, -0.1) is 0 Å². The third-order valence-electron chi connectivity index (χ3n) is 2.94. The lowest BCUT2D eigenvalue weighted by atomic mass is 10.2. The number of ether oxygens (including phenoxy) is 1. The Hall–Kier alpha value is -2.27. The summed E-state index contributed by atoms with van der Waals surface area (Å²) in [5.41, 5.74) is 3.88. The van der Waals surface area contributed by atoms with Crippen molar-refractivity contribution in [3.05, 3.63) is 52.4 Å². The number of furan rings is 1. The van der Waals surface area contributed by atoms with Crippen LogP contribution in [0.15, 0.2) is 39.9 Å². The lowest BCUT2D eigenvalue weighted by molar-refractivity contribution is -0.123. The number of hydrazone groups is 1. The van der Waals surface area contributed by atoms with Crippen molar-refractivity contribution >= 4 is 23.2 Å². The molecule has 1 N–H and O–H groups in total. The predicted octanol–water partition coefficient (Wildman–Crippen LogP) is 3.47. The maximum absolute atomic E-state index is 11.7. The maximum atomic E-state index is 11.7. The first-order valence-corrected chi connectivity index (χ1v) is 7.12. The fourth-order valence-electron chi connectivity index (χ4n) is 1.78. The number of nitrogens with one attached hydrogen (secondary N) is 1. The zero-order chi connectivity index (χ0) is 16.1. The summed E-state index contributed by atoms with van der Waals surface area (Å²) in [4.78, 5) is 11.7. The Balaban J connectivity index is 1.88. The van der Waals surface area contributed by atoms with Crippen molar-refractivity contribution in [1.29, 1.82) is 0 Å². The third kappa shape index (κ3) is 4.36. The molecule has 0 atom stereocenters. The first-order chi connectivity index (χ1) is 10.5. The monoisotopic (exact) mass is 320 g/mol. The fourth-order valence-corrected chi connectivity index (χ4v) is 2.01. The number of carbonyl (C=O) groups is 1. The summed E-state index contributed by atoms with van der Waals surface area (Å²) in [5, 5.41) is 4.61. The van der Waals surface area contributed by atoms with Crippen molar-refractivity contribution < 1.29 is 13.9 Å². The molecule has 1 aromatic heterocycles. The Bertz CT molecular complexity index is 707. The standard InChI is InChI=1S/C16H17ClN2O3/c1-10-8-13(17)5-7-14(10)21-9-16(20)19-18-12(3)15-6-4-11(2)22-15/h4-8H,9H2,1-3H3,(H,19,20). The van der Waals surface area contributed by atoms with Crippen LogP contribution < -0.4 is 10.2 Å². The number of benzene rings is 1. The van der Waals surface area contributed by atoms with Crippen LogP contribution in [0.4, 0.5) is 0 Å². The van der Waals surface area contributed by atoms with Gasteiger partial charge in [0.1, 0.15) is 23.0 Å². The number of amides is 1. The van der Waals surface area contributed by atoms with Gasteiger partial charge in [0.25, 0.3) is 5.91 Å². The third-order valence-corrected chi connectivity index (χ3v) is 3.18. The lowest BCUT2D eigenvalue weighted by Gasteiger charge is -2.08. The van der Waals surface area contributed by atoms with Crippen molar-refractivity contribution in [2.45, 2.75) is 20.8 Å². The Morgan fingerprint density at radius 3 is 2.73 bits per heavy atom. The van der Waals surface area contributed by atoms with E-state index in [1.54, 1.807) is 31.2 Å². The van der Waals surface area contributed by atoms with Crippen molar-refractivity contribution in [1.82, 2.24) is 5.43 Å². The molecular weight excluding hydrogens is 304 g/mol. The highest BCUT2D eigenvalue weighted by atomic mass is 35.5. The molecule has 1 heterocycles. The average molecular weight is 321 g/mol. The van der Waals surface area contributed by atoms with Gasteiger partial charge >= 0.3 is 0 Å². The van der Waals surface area contributed by atoms with Crippen LogP contribution in [-0.4, -0.2) is 18.2 Å². The molecule has 0 unspecified atom stereocenters. The summed E-state index contributed by atoms with van der Waals surface area (Å²) in [6.07, 6.45) is 0. The van der Waals surface area contributed by atoms with Gasteiger partial charge in [-0.1, -0.05) is 11.6 Å². The molecule has 0 aliphatic rings. The second-order valence-electron chi connectivity index (χ2n) is 4.84. The van der Waals surface area contributed by atoms with E-state index in [-0.39, 0.29) is 12.5 Å². The molecule has 116 valence electrons. The normalized spacial score (nSPS) is 11.4. The van der Waals surface area contributed by atoms with Gasteiger partial charge in [0, 0.05) is 5.02 Å². The number of halogens is 1. The maximum Gasteiger partial charge on any atom is 0.277 e. The smallest absolute Gasteiger partial charge is 0.277 e. The van der Waals surface area contributed by atoms with Crippen LogP contribution in [0.25, 0.3) is 0 Å². The molecule has 0 fully saturated rings. The van der Waals surface area contributed by atoms with Crippen LogP contribution in [0.2, 0.25) is 5.02 Å². The average Bonchev–Trinajstić information content (AvgIpc) is 2.90. The molecule has 2 rings (SSSR count). The van der Waals surface area contributed by atoms with E-state index in [1.807, 2.05) is 19.9 Å². The molecule has 1 amide bonds. The van der Waals surface area contributed by atoms with Crippen LogP contribution in [0.5, 0.6) is 5.75 Å². The van der Waals surface area contributed by atoms with E-state index in [1.165, 1.54) is 0 Å². The quantitative estimate of drug-likeness (QED) is 0.677. The van der Waals surface area contributed by atoms with Crippen molar-refractivity contribution in [3.8, 4) is 5.75 Å². The minimum atomic E-state index is -0.350. The number of rotatable bonds is 5. The molecule has 0 saturated heterocycles. The van der Waals surface area contributed by atoms with Crippen molar-refractivity contribution in [2.24, 2.45) is 5.10 Å². The molecule has 2 aromatic rings. The molecule has 22 heavy (non-hydrogen) atoms. The summed E-state index contributed by atoms with van der Waals surface area (Å²) in [5.74, 6) is 1.67.